The quantitative estimate of drug-likeness (QED) is 0.593. The van der Waals surface area contributed by atoms with E-state index >= 15 is 0 Å². The van der Waals surface area contributed by atoms with E-state index < -0.39 is 0 Å². The van der Waals surface area contributed by atoms with E-state index in [2.05, 4.69) is 10.3 Å². The summed E-state index contributed by atoms with van der Waals surface area (Å²) in [4.78, 5) is 17.6. The van der Waals surface area contributed by atoms with E-state index in [0.29, 0.717) is 5.82 Å². The number of imidazole rings is 1. The van der Waals surface area contributed by atoms with Crippen molar-refractivity contribution in [3.05, 3.63) is 96.3 Å². The van der Waals surface area contributed by atoms with E-state index in [9.17, 15) is 4.79 Å². The second-order valence-corrected chi connectivity index (χ2v) is 6.20. The Labute approximate surface area is 152 Å². The summed E-state index contributed by atoms with van der Waals surface area (Å²) in [6, 6.07) is 27.4. The molecule has 0 aliphatic rings. The van der Waals surface area contributed by atoms with Crippen LogP contribution in [0, 0.1) is 0 Å². The number of hydrogen-bond donors (Lipinski definition) is 1. The van der Waals surface area contributed by atoms with Crippen molar-refractivity contribution in [2.24, 2.45) is 0 Å². The smallest absolute Gasteiger partial charge is 0.288 e. The minimum Gasteiger partial charge on any atom is -0.343 e. The Morgan fingerprint density at radius 1 is 0.885 bits per heavy atom. The van der Waals surface area contributed by atoms with E-state index in [1.54, 1.807) is 0 Å². The Morgan fingerprint density at radius 2 is 1.50 bits per heavy atom. The maximum Gasteiger partial charge on any atom is 0.288 e. The van der Waals surface area contributed by atoms with Gasteiger partial charge in [-0.2, -0.15) is 0 Å². The fourth-order valence-electron chi connectivity index (χ4n) is 3.10. The monoisotopic (exact) mass is 341 g/mol. The third kappa shape index (κ3) is 2.97. The van der Waals surface area contributed by atoms with Gasteiger partial charge in [-0.3, -0.25) is 9.36 Å². The average Bonchev–Trinajstić information content (AvgIpc) is 3.09. The first-order valence-corrected chi connectivity index (χ1v) is 8.63. The number of nitrogens with one attached hydrogen (secondary N) is 1. The second kappa shape index (κ2) is 6.84. The lowest BCUT2D eigenvalue weighted by Gasteiger charge is -2.15. The van der Waals surface area contributed by atoms with Crippen molar-refractivity contribution in [2.75, 3.05) is 0 Å². The highest BCUT2D eigenvalue weighted by Crippen LogP contribution is 2.22. The van der Waals surface area contributed by atoms with Gasteiger partial charge in [0, 0.05) is 5.69 Å². The molecule has 128 valence electrons. The Kier molecular flexibility index (Phi) is 4.23. The van der Waals surface area contributed by atoms with Crippen LogP contribution in [0.2, 0.25) is 0 Å². The molecule has 0 radical (unpaired) electrons. The molecule has 4 heteroatoms. The number of amides is 1. The molecule has 0 fully saturated rings. The molecule has 0 aliphatic carbocycles. The molecule has 26 heavy (non-hydrogen) atoms. The summed E-state index contributed by atoms with van der Waals surface area (Å²) >= 11 is 0. The molecule has 1 amide bonds. The minimum absolute atomic E-state index is 0.104. The average molecular weight is 341 g/mol. The van der Waals surface area contributed by atoms with Crippen LogP contribution in [0.15, 0.2) is 84.9 Å². The van der Waals surface area contributed by atoms with Crippen LogP contribution in [0.1, 0.15) is 29.1 Å². The number of para-hydroxylation sites is 3. The largest absolute Gasteiger partial charge is 0.343 e. The van der Waals surface area contributed by atoms with E-state index in [0.717, 1.165) is 22.3 Å². The van der Waals surface area contributed by atoms with Gasteiger partial charge in [0.1, 0.15) is 0 Å². The summed E-state index contributed by atoms with van der Waals surface area (Å²) < 4.78 is 1.91. The van der Waals surface area contributed by atoms with E-state index in [4.69, 9.17) is 0 Å². The maximum atomic E-state index is 13.0. The van der Waals surface area contributed by atoms with Gasteiger partial charge in [0.05, 0.1) is 17.1 Å². The first-order chi connectivity index (χ1) is 12.7. The molecular weight excluding hydrogens is 322 g/mol. The summed E-state index contributed by atoms with van der Waals surface area (Å²) in [5, 5.41) is 3.06. The molecule has 4 rings (SSSR count). The first-order valence-electron chi connectivity index (χ1n) is 8.63. The molecule has 1 N–H and O–H groups in total. The van der Waals surface area contributed by atoms with Gasteiger partial charge in [0.25, 0.3) is 5.91 Å². The summed E-state index contributed by atoms with van der Waals surface area (Å²) in [5.74, 6) is 0.196. The van der Waals surface area contributed by atoms with Crippen molar-refractivity contribution in [3.8, 4) is 5.69 Å². The molecule has 1 aromatic heterocycles. The van der Waals surface area contributed by atoms with Crippen molar-refractivity contribution < 1.29 is 4.79 Å². The molecule has 4 nitrogen and oxygen atoms in total. The Balaban J connectivity index is 1.75. The van der Waals surface area contributed by atoms with Crippen molar-refractivity contribution in [1.29, 1.82) is 0 Å². The minimum atomic E-state index is -0.193. The van der Waals surface area contributed by atoms with Crippen LogP contribution in [0.3, 0.4) is 0 Å². The predicted molar refractivity (Wildman–Crippen MR) is 103 cm³/mol. The van der Waals surface area contributed by atoms with Crippen LogP contribution >= 0.6 is 0 Å². The number of benzene rings is 3. The maximum absolute atomic E-state index is 13.0. The molecule has 1 atom stereocenters. The molecule has 0 saturated carbocycles. The number of nitrogens with zero attached hydrogens (tertiary/aromatic N) is 2. The predicted octanol–water partition coefficient (Wildman–Crippen LogP) is 4.52. The van der Waals surface area contributed by atoms with Crippen LogP contribution in [-0.4, -0.2) is 15.5 Å². The van der Waals surface area contributed by atoms with Crippen LogP contribution in [0.25, 0.3) is 16.7 Å². The molecule has 1 unspecified atom stereocenters. The molecule has 3 aromatic carbocycles. The fourth-order valence-corrected chi connectivity index (χ4v) is 3.10. The van der Waals surface area contributed by atoms with Crippen LogP contribution < -0.4 is 5.32 Å². The van der Waals surface area contributed by atoms with E-state index in [-0.39, 0.29) is 11.9 Å². The number of carbonyl (C=O) groups is 1. The molecular formula is C22H19N3O. The number of hydrogen-bond acceptors (Lipinski definition) is 2. The number of carbonyl (C=O) groups excluding carboxylic acids is 1. The van der Waals surface area contributed by atoms with Gasteiger partial charge in [0.15, 0.2) is 0 Å². The molecule has 4 aromatic rings. The van der Waals surface area contributed by atoms with Crippen LogP contribution in [0.4, 0.5) is 0 Å². The van der Waals surface area contributed by atoms with E-state index in [1.807, 2.05) is 96.4 Å². The van der Waals surface area contributed by atoms with Crippen molar-refractivity contribution in [3.63, 3.8) is 0 Å². The Bertz CT molecular complexity index is 1040. The molecule has 0 aliphatic heterocycles. The van der Waals surface area contributed by atoms with E-state index in [1.165, 1.54) is 0 Å². The lowest BCUT2D eigenvalue weighted by atomic mass is 10.1. The van der Waals surface area contributed by atoms with Gasteiger partial charge in [-0.1, -0.05) is 60.7 Å². The lowest BCUT2D eigenvalue weighted by molar-refractivity contribution is 0.0928. The van der Waals surface area contributed by atoms with Gasteiger partial charge in [-0.15, -0.1) is 0 Å². The highest BCUT2D eigenvalue weighted by molar-refractivity contribution is 5.96. The number of rotatable bonds is 4. The zero-order valence-electron chi connectivity index (χ0n) is 14.5. The topological polar surface area (TPSA) is 46.9 Å². The highest BCUT2D eigenvalue weighted by atomic mass is 16.2. The van der Waals surface area contributed by atoms with Gasteiger partial charge >= 0.3 is 0 Å². The summed E-state index contributed by atoms with van der Waals surface area (Å²) in [6.07, 6.45) is 0. The SMILES string of the molecule is CC(NC(=O)c1nc2ccccc2n1-c1ccccc1)c1ccccc1. The Hall–Kier alpha value is -3.40. The zero-order chi connectivity index (χ0) is 17.9. The third-order valence-corrected chi connectivity index (χ3v) is 4.43. The zero-order valence-corrected chi connectivity index (χ0v) is 14.5. The second-order valence-electron chi connectivity index (χ2n) is 6.20. The van der Waals surface area contributed by atoms with Crippen molar-refractivity contribution >= 4 is 16.9 Å². The van der Waals surface area contributed by atoms with Crippen molar-refractivity contribution in [2.45, 2.75) is 13.0 Å². The van der Waals surface area contributed by atoms with Gasteiger partial charge < -0.3 is 5.32 Å². The Morgan fingerprint density at radius 3 is 2.23 bits per heavy atom. The summed E-state index contributed by atoms with van der Waals surface area (Å²) in [5.41, 5.74) is 3.69. The van der Waals surface area contributed by atoms with Gasteiger partial charge in [0.2, 0.25) is 5.82 Å². The molecule has 0 saturated heterocycles. The lowest BCUT2D eigenvalue weighted by Crippen LogP contribution is -2.29. The molecule has 1 heterocycles. The normalized spacial score (nSPS) is 12.0. The summed E-state index contributed by atoms with van der Waals surface area (Å²) in [6.45, 7) is 1.97. The fraction of sp³-hybridized carbons (Fsp3) is 0.0909. The first kappa shape index (κ1) is 16.1. The standard InChI is InChI=1S/C22H19N3O/c1-16(17-10-4-2-5-11-17)23-22(26)21-24-19-14-8-9-15-20(19)25(21)18-12-6-3-7-13-18/h2-16H,1H3,(H,23,26). The van der Waals surface area contributed by atoms with Crippen LogP contribution in [0.5, 0.6) is 0 Å². The number of fused-ring (bicyclic) bond motifs is 1. The highest BCUT2D eigenvalue weighted by Gasteiger charge is 2.20. The third-order valence-electron chi connectivity index (χ3n) is 4.43. The summed E-state index contributed by atoms with van der Waals surface area (Å²) in [7, 11) is 0. The number of aromatic nitrogens is 2. The van der Waals surface area contributed by atoms with Crippen LogP contribution in [-0.2, 0) is 0 Å². The van der Waals surface area contributed by atoms with Gasteiger partial charge in [-0.25, -0.2) is 4.98 Å². The molecule has 0 spiro atoms. The van der Waals surface area contributed by atoms with Crippen molar-refractivity contribution in [1.82, 2.24) is 14.9 Å². The molecule has 0 bridgehead atoms. The van der Waals surface area contributed by atoms with Gasteiger partial charge in [-0.05, 0) is 36.8 Å².